The molecule has 0 aliphatic carbocycles. The number of alkyl halides is 3. The third-order valence-electron chi connectivity index (χ3n) is 8.39. The quantitative estimate of drug-likeness (QED) is 0.194. The van der Waals surface area contributed by atoms with Crippen molar-refractivity contribution in [2.75, 3.05) is 18.4 Å². The first-order valence-electron chi connectivity index (χ1n) is 15.4. The highest BCUT2D eigenvalue weighted by atomic mass is 19.4. The van der Waals surface area contributed by atoms with Gasteiger partial charge >= 0.3 is 6.36 Å². The van der Waals surface area contributed by atoms with Crippen LogP contribution in [0.4, 0.5) is 18.9 Å². The summed E-state index contributed by atoms with van der Waals surface area (Å²) in [6, 6.07) is 28.0. The Labute approximate surface area is 268 Å². The van der Waals surface area contributed by atoms with E-state index < -0.39 is 6.36 Å². The first-order valence-corrected chi connectivity index (χ1v) is 15.4. The third-order valence-corrected chi connectivity index (χ3v) is 8.39. The molecule has 0 bridgehead atoms. The molecule has 7 rings (SSSR count). The van der Waals surface area contributed by atoms with E-state index in [-0.39, 0.29) is 23.3 Å². The van der Waals surface area contributed by atoms with Crippen LogP contribution in [0.25, 0.3) is 39.1 Å². The Balaban J connectivity index is 1.04. The van der Waals surface area contributed by atoms with Gasteiger partial charge in [-0.25, -0.2) is 9.97 Å². The van der Waals surface area contributed by atoms with Crippen molar-refractivity contribution in [3.8, 4) is 28.1 Å². The number of carbonyl (C=O) groups is 1. The third kappa shape index (κ3) is 6.80. The van der Waals surface area contributed by atoms with E-state index in [2.05, 4.69) is 67.5 Å². The topological polar surface area (TPSA) is 84.7 Å². The van der Waals surface area contributed by atoms with E-state index in [1.54, 1.807) is 10.6 Å². The summed E-state index contributed by atoms with van der Waals surface area (Å²) >= 11 is 0. The lowest BCUT2D eigenvalue weighted by molar-refractivity contribution is -0.274. The largest absolute Gasteiger partial charge is 0.573 e. The predicted octanol–water partition coefficient (Wildman–Crippen LogP) is 7.67. The fourth-order valence-electron chi connectivity index (χ4n) is 6.11. The molecule has 4 heterocycles. The van der Waals surface area contributed by atoms with Crippen LogP contribution >= 0.6 is 0 Å². The van der Waals surface area contributed by atoms with Gasteiger partial charge in [0, 0.05) is 53.0 Å². The number of carbonyl (C=O) groups excluding carboxylic acids is 1. The van der Waals surface area contributed by atoms with Crippen LogP contribution in [0.15, 0.2) is 97.2 Å². The molecule has 3 aromatic carbocycles. The second kappa shape index (κ2) is 12.5. The average Bonchev–Trinajstić information content (AvgIpc) is 3.45. The number of rotatable bonds is 7. The Morgan fingerprint density at radius 1 is 0.936 bits per heavy atom. The van der Waals surface area contributed by atoms with Gasteiger partial charge in [-0.2, -0.15) is 9.61 Å². The zero-order valence-corrected chi connectivity index (χ0v) is 25.5. The number of nitrogens with one attached hydrogen (secondary N) is 1. The normalized spacial score (nSPS) is 14.5. The van der Waals surface area contributed by atoms with Gasteiger partial charge in [0.2, 0.25) is 5.91 Å². The molecule has 8 nitrogen and oxygen atoms in total. The fourth-order valence-corrected chi connectivity index (χ4v) is 6.11. The Hall–Kier alpha value is -5.29. The van der Waals surface area contributed by atoms with E-state index in [9.17, 15) is 18.0 Å². The smallest absolute Gasteiger partial charge is 0.406 e. The molecule has 11 heteroatoms. The second-order valence-electron chi connectivity index (χ2n) is 11.8. The van der Waals surface area contributed by atoms with Gasteiger partial charge in [0.15, 0.2) is 11.3 Å². The highest BCUT2D eigenvalue weighted by Gasteiger charge is 2.31. The van der Waals surface area contributed by atoms with Gasteiger partial charge in [-0.1, -0.05) is 60.7 Å². The number of nitrogens with zero attached hydrogens (tertiary/aromatic N) is 5. The Bertz CT molecular complexity index is 2050. The Kier molecular flexibility index (Phi) is 8.07. The number of hydrogen-bond donors (Lipinski definition) is 1. The van der Waals surface area contributed by atoms with Crippen molar-refractivity contribution in [3.63, 3.8) is 0 Å². The van der Waals surface area contributed by atoms with Crippen LogP contribution in [0, 0.1) is 12.8 Å². The summed E-state index contributed by atoms with van der Waals surface area (Å²) in [6.45, 7) is 4.14. The molecule has 1 N–H and O–H groups in total. The standard InChI is InChI=1S/C36H31F3N6O2/c1-23-18-32-40-21-28-19-31(25-6-3-2-4-7-25)33(42-34(28)45(32)43-23)26-12-10-24(11-13-26)22-44-16-14-27(15-17-44)35(46)41-29-8-5-9-30(20-29)47-36(37,38)39/h2-13,18-21,27H,14-17,22H2,1H3,(H,41,46). The summed E-state index contributed by atoms with van der Waals surface area (Å²) < 4.78 is 43.5. The SMILES string of the molecule is Cc1cc2ncc3cc(-c4ccccc4)c(-c4ccc(CN5CCC(C(=O)Nc6cccc(OC(F)(F)F)c6)CC5)cc4)nc3n2n1. The number of pyridine rings is 1. The number of benzene rings is 3. The monoisotopic (exact) mass is 636 g/mol. The molecular weight excluding hydrogens is 605 g/mol. The number of aryl methyl sites for hydroxylation is 1. The summed E-state index contributed by atoms with van der Waals surface area (Å²) in [5.41, 5.74) is 7.72. The molecule has 1 fully saturated rings. The van der Waals surface area contributed by atoms with Crippen molar-refractivity contribution in [1.82, 2.24) is 24.5 Å². The van der Waals surface area contributed by atoms with E-state index in [0.717, 1.165) is 70.0 Å². The number of ether oxygens (including phenoxy) is 1. The molecule has 1 amide bonds. The number of anilines is 1. The summed E-state index contributed by atoms with van der Waals surface area (Å²) in [4.78, 5) is 24.9. The van der Waals surface area contributed by atoms with Gasteiger partial charge in [0.1, 0.15) is 5.75 Å². The molecule has 0 atom stereocenters. The number of halogens is 3. The lowest BCUT2D eigenvalue weighted by Crippen LogP contribution is -2.37. The summed E-state index contributed by atoms with van der Waals surface area (Å²) in [5, 5.41) is 8.27. The zero-order valence-electron chi connectivity index (χ0n) is 25.5. The second-order valence-corrected chi connectivity index (χ2v) is 11.8. The van der Waals surface area contributed by atoms with Gasteiger partial charge in [-0.15, -0.1) is 13.2 Å². The van der Waals surface area contributed by atoms with Crippen LogP contribution in [0.5, 0.6) is 5.75 Å². The molecule has 238 valence electrons. The van der Waals surface area contributed by atoms with Crippen molar-refractivity contribution >= 4 is 28.3 Å². The van der Waals surface area contributed by atoms with Crippen molar-refractivity contribution in [3.05, 3.63) is 108 Å². The lowest BCUT2D eigenvalue weighted by Gasteiger charge is -2.31. The first-order chi connectivity index (χ1) is 22.7. The van der Waals surface area contributed by atoms with E-state index in [4.69, 9.17) is 4.98 Å². The molecule has 0 unspecified atom stereocenters. The number of piperidine rings is 1. The van der Waals surface area contributed by atoms with Crippen LogP contribution in [-0.2, 0) is 11.3 Å². The molecular formula is C36H31F3N6O2. The van der Waals surface area contributed by atoms with Crippen molar-refractivity contribution in [1.29, 1.82) is 0 Å². The molecule has 0 saturated carbocycles. The van der Waals surface area contributed by atoms with Crippen LogP contribution in [0.3, 0.4) is 0 Å². The van der Waals surface area contributed by atoms with Crippen molar-refractivity contribution in [2.24, 2.45) is 5.92 Å². The van der Waals surface area contributed by atoms with E-state index >= 15 is 0 Å². The van der Waals surface area contributed by atoms with E-state index in [1.165, 1.54) is 18.2 Å². The van der Waals surface area contributed by atoms with Gasteiger partial charge in [-0.3, -0.25) is 9.69 Å². The number of amides is 1. The first kappa shape index (κ1) is 30.4. The molecule has 3 aromatic heterocycles. The Morgan fingerprint density at radius 2 is 1.70 bits per heavy atom. The van der Waals surface area contributed by atoms with Crippen LogP contribution in [-0.4, -0.2) is 49.8 Å². The number of fused-ring (bicyclic) bond motifs is 3. The lowest BCUT2D eigenvalue weighted by atomic mass is 9.95. The molecule has 1 saturated heterocycles. The summed E-state index contributed by atoms with van der Waals surface area (Å²) in [7, 11) is 0. The minimum absolute atomic E-state index is 0.200. The van der Waals surface area contributed by atoms with Crippen molar-refractivity contribution < 1.29 is 22.7 Å². The maximum absolute atomic E-state index is 12.9. The number of aromatic nitrogens is 4. The summed E-state index contributed by atoms with van der Waals surface area (Å²) in [6.07, 6.45) is -1.64. The minimum atomic E-state index is -4.79. The van der Waals surface area contributed by atoms with Gasteiger partial charge in [0.05, 0.1) is 11.4 Å². The van der Waals surface area contributed by atoms with Gasteiger partial charge < -0.3 is 10.1 Å². The van der Waals surface area contributed by atoms with Crippen LogP contribution < -0.4 is 10.1 Å². The Morgan fingerprint density at radius 3 is 2.45 bits per heavy atom. The van der Waals surface area contributed by atoms with E-state index in [0.29, 0.717) is 12.8 Å². The van der Waals surface area contributed by atoms with Crippen molar-refractivity contribution in [2.45, 2.75) is 32.7 Å². The van der Waals surface area contributed by atoms with Gasteiger partial charge in [-0.05, 0) is 62.2 Å². The fraction of sp³-hybridized carbons (Fsp3) is 0.222. The molecule has 0 radical (unpaired) electrons. The maximum atomic E-state index is 12.9. The van der Waals surface area contributed by atoms with E-state index in [1.807, 2.05) is 37.4 Å². The molecule has 0 spiro atoms. The highest BCUT2D eigenvalue weighted by molar-refractivity contribution is 5.93. The molecule has 1 aliphatic rings. The molecule has 1 aliphatic heterocycles. The average molecular weight is 637 g/mol. The zero-order chi connectivity index (χ0) is 32.5. The number of hydrogen-bond acceptors (Lipinski definition) is 6. The molecule has 47 heavy (non-hydrogen) atoms. The predicted molar refractivity (Wildman–Crippen MR) is 174 cm³/mol. The minimum Gasteiger partial charge on any atom is -0.406 e. The number of likely N-dealkylation sites (tertiary alicyclic amines) is 1. The van der Waals surface area contributed by atoms with Crippen LogP contribution in [0.2, 0.25) is 0 Å². The van der Waals surface area contributed by atoms with Crippen LogP contribution in [0.1, 0.15) is 24.1 Å². The molecule has 6 aromatic rings. The summed E-state index contributed by atoms with van der Waals surface area (Å²) in [5.74, 6) is -0.795. The maximum Gasteiger partial charge on any atom is 0.573 e. The highest BCUT2D eigenvalue weighted by Crippen LogP contribution is 2.34. The van der Waals surface area contributed by atoms with Gasteiger partial charge in [0.25, 0.3) is 0 Å².